The predicted octanol–water partition coefficient (Wildman–Crippen LogP) is 2.41. The summed E-state index contributed by atoms with van der Waals surface area (Å²) in [6.45, 7) is 3.04. The van der Waals surface area contributed by atoms with E-state index in [-0.39, 0.29) is 0 Å². The highest BCUT2D eigenvalue weighted by molar-refractivity contribution is 9.09. The zero-order valence-corrected chi connectivity index (χ0v) is 10.1. The van der Waals surface area contributed by atoms with Crippen molar-refractivity contribution in [3.05, 3.63) is 12.2 Å². The minimum absolute atomic E-state index is 0.472. The van der Waals surface area contributed by atoms with Gasteiger partial charge in [-0.2, -0.15) is 5.10 Å². The van der Waals surface area contributed by atoms with Gasteiger partial charge in [-0.3, -0.25) is 4.68 Å². The van der Waals surface area contributed by atoms with Gasteiger partial charge in [0.1, 0.15) is 12.2 Å². The van der Waals surface area contributed by atoms with Gasteiger partial charge in [0.05, 0.1) is 0 Å². The molecule has 14 heavy (non-hydrogen) atoms. The maximum Gasteiger partial charge on any atom is 0.138 e. The normalized spacial score (nSPS) is 19.3. The van der Waals surface area contributed by atoms with Gasteiger partial charge in [-0.05, 0) is 25.2 Å². The molecule has 1 aliphatic carbocycles. The fourth-order valence-electron chi connectivity index (χ4n) is 2.06. The highest BCUT2D eigenvalue weighted by atomic mass is 79.9. The number of aromatic nitrogens is 3. The van der Waals surface area contributed by atoms with E-state index in [1.807, 2.05) is 4.68 Å². The lowest BCUT2D eigenvalue weighted by molar-refractivity contribution is 0.164. The van der Waals surface area contributed by atoms with Crippen molar-refractivity contribution in [1.82, 2.24) is 14.8 Å². The third-order valence-corrected chi connectivity index (χ3v) is 4.42. The van der Waals surface area contributed by atoms with E-state index in [9.17, 15) is 0 Å². The first-order valence-electron chi connectivity index (χ1n) is 5.22. The maximum atomic E-state index is 4.33. The van der Waals surface area contributed by atoms with Crippen LogP contribution in [0.25, 0.3) is 0 Å². The number of nitrogens with zero attached hydrogens (tertiary/aromatic N) is 3. The van der Waals surface area contributed by atoms with Crippen molar-refractivity contribution in [3.63, 3.8) is 0 Å². The van der Waals surface area contributed by atoms with Gasteiger partial charge in [0.2, 0.25) is 0 Å². The third-order valence-electron chi connectivity index (χ3n) is 3.23. The van der Waals surface area contributed by atoms with Gasteiger partial charge in [0.25, 0.3) is 0 Å². The van der Waals surface area contributed by atoms with Gasteiger partial charge in [0.15, 0.2) is 0 Å². The van der Waals surface area contributed by atoms with Gasteiger partial charge in [-0.25, -0.2) is 4.98 Å². The second-order valence-electron chi connectivity index (χ2n) is 4.16. The summed E-state index contributed by atoms with van der Waals surface area (Å²) in [7, 11) is 0. The standard InChI is InChI=1S/C10H16BrN3/c1-2-14-9(12-8-13-14)6-10(7-11)4-3-5-10/h8H,2-7H2,1H3. The van der Waals surface area contributed by atoms with Crippen molar-refractivity contribution in [1.29, 1.82) is 0 Å². The SMILES string of the molecule is CCn1ncnc1CC1(CBr)CCC1. The Morgan fingerprint density at radius 2 is 2.36 bits per heavy atom. The summed E-state index contributed by atoms with van der Waals surface area (Å²) >= 11 is 3.62. The van der Waals surface area contributed by atoms with E-state index in [4.69, 9.17) is 0 Å². The Bertz CT molecular complexity index is 299. The zero-order valence-electron chi connectivity index (χ0n) is 8.54. The zero-order chi connectivity index (χ0) is 10.0. The van der Waals surface area contributed by atoms with Gasteiger partial charge in [-0.1, -0.05) is 22.4 Å². The minimum atomic E-state index is 0.472. The van der Waals surface area contributed by atoms with Crippen molar-refractivity contribution in [2.24, 2.45) is 5.41 Å². The van der Waals surface area contributed by atoms with Crippen molar-refractivity contribution >= 4 is 15.9 Å². The summed E-state index contributed by atoms with van der Waals surface area (Å²) in [5.41, 5.74) is 0.472. The summed E-state index contributed by atoms with van der Waals surface area (Å²) in [6, 6.07) is 0. The van der Waals surface area contributed by atoms with Gasteiger partial charge >= 0.3 is 0 Å². The highest BCUT2D eigenvalue weighted by Crippen LogP contribution is 2.44. The maximum absolute atomic E-state index is 4.33. The van der Waals surface area contributed by atoms with Crippen LogP contribution in [0.1, 0.15) is 32.0 Å². The van der Waals surface area contributed by atoms with Crippen LogP contribution in [0, 0.1) is 5.41 Å². The molecule has 1 aromatic rings. The molecule has 0 bridgehead atoms. The van der Waals surface area contributed by atoms with Crippen molar-refractivity contribution in [3.8, 4) is 0 Å². The first-order valence-corrected chi connectivity index (χ1v) is 6.34. The molecule has 0 unspecified atom stereocenters. The third kappa shape index (κ3) is 1.72. The summed E-state index contributed by atoms with van der Waals surface area (Å²) in [5.74, 6) is 1.15. The molecule has 0 spiro atoms. The Kier molecular flexibility index (Phi) is 2.91. The van der Waals surface area contributed by atoms with E-state index in [0.29, 0.717) is 5.41 Å². The van der Waals surface area contributed by atoms with Crippen LogP contribution >= 0.6 is 15.9 Å². The number of hydrogen-bond donors (Lipinski definition) is 0. The van der Waals surface area contributed by atoms with Crippen LogP contribution in [0.2, 0.25) is 0 Å². The van der Waals surface area contributed by atoms with Gasteiger partial charge in [0, 0.05) is 18.3 Å². The number of alkyl halides is 1. The fourth-order valence-corrected chi connectivity index (χ4v) is 2.82. The molecule has 0 saturated heterocycles. The number of halogens is 1. The lowest BCUT2D eigenvalue weighted by Gasteiger charge is -2.40. The van der Waals surface area contributed by atoms with Crippen LogP contribution < -0.4 is 0 Å². The Morgan fingerprint density at radius 3 is 2.86 bits per heavy atom. The topological polar surface area (TPSA) is 30.7 Å². The van der Waals surface area contributed by atoms with E-state index in [1.165, 1.54) is 19.3 Å². The monoisotopic (exact) mass is 257 g/mol. The molecule has 78 valence electrons. The number of hydrogen-bond acceptors (Lipinski definition) is 2. The average molecular weight is 258 g/mol. The van der Waals surface area contributed by atoms with E-state index >= 15 is 0 Å². The minimum Gasteiger partial charge on any atom is -0.250 e. The van der Waals surface area contributed by atoms with Gasteiger partial charge in [-0.15, -0.1) is 0 Å². The van der Waals surface area contributed by atoms with Crippen LogP contribution in [0.5, 0.6) is 0 Å². The summed E-state index contributed by atoms with van der Waals surface area (Å²) in [6.07, 6.45) is 6.76. The molecule has 0 atom stereocenters. The fraction of sp³-hybridized carbons (Fsp3) is 0.800. The van der Waals surface area contributed by atoms with E-state index in [2.05, 4.69) is 32.9 Å². The molecule has 2 rings (SSSR count). The molecule has 3 nitrogen and oxygen atoms in total. The predicted molar refractivity (Wildman–Crippen MR) is 59.5 cm³/mol. The Balaban J connectivity index is 2.09. The second kappa shape index (κ2) is 4.01. The quantitative estimate of drug-likeness (QED) is 0.776. The lowest BCUT2D eigenvalue weighted by atomic mass is 9.68. The van der Waals surface area contributed by atoms with Gasteiger partial charge < -0.3 is 0 Å². The molecule has 0 aromatic carbocycles. The van der Waals surface area contributed by atoms with E-state index in [0.717, 1.165) is 24.1 Å². The molecule has 1 fully saturated rings. The molecule has 1 saturated carbocycles. The molecule has 0 aliphatic heterocycles. The highest BCUT2D eigenvalue weighted by Gasteiger charge is 2.37. The number of rotatable bonds is 4. The smallest absolute Gasteiger partial charge is 0.138 e. The molecule has 1 aromatic heterocycles. The number of aryl methyl sites for hydroxylation is 1. The van der Waals surface area contributed by atoms with E-state index < -0.39 is 0 Å². The van der Waals surface area contributed by atoms with Crippen LogP contribution in [-0.2, 0) is 13.0 Å². The molecule has 1 aliphatic rings. The van der Waals surface area contributed by atoms with Crippen molar-refractivity contribution in [2.45, 2.75) is 39.2 Å². The molecule has 1 heterocycles. The molecular formula is C10H16BrN3. The summed E-state index contributed by atoms with van der Waals surface area (Å²) < 4.78 is 2.00. The Labute approximate surface area is 93.0 Å². The molecule has 4 heteroatoms. The average Bonchev–Trinajstić information content (AvgIpc) is 2.58. The Hall–Kier alpha value is -0.380. The molecule has 0 N–H and O–H groups in total. The van der Waals surface area contributed by atoms with Crippen LogP contribution in [-0.4, -0.2) is 20.1 Å². The van der Waals surface area contributed by atoms with Crippen molar-refractivity contribution in [2.75, 3.05) is 5.33 Å². The summed E-state index contributed by atoms with van der Waals surface area (Å²) in [5, 5.41) is 5.30. The summed E-state index contributed by atoms with van der Waals surface area (Å²) in [4.78, 5) is 4.33. The first-order chi connectivity index (χ1) is 6.79. The molecule has 0 amide bonds. The van der Waals surface area contributed by atoms with Crippen LogP contribution in [0.3, 0.4) is 0 Å². The molecular weight excluding hydrogens is 242 g/mol. The van der Waals surface area contributed by atoms with Crippen molar-refractivity contribution < 1.29 is 0 Å². The lowest BCUT2D eigenvalue weighted by Crippen LogP contribution is -2.34. The molecule has 0 radical (unpaired) electrons. The Morgan fingerprint density at radius 1 is 1.57 bits per heavy atom. The largest absolute Gasteiger partial charge is 0.250 e. The van der Waals surface area contributed by atoms with Crippen LogP contribution in [0.15, 0.2) is 6.33 Å². The second-order valence-corrected chi connectivity index (χ2v) is 4.72. The van der Waals surface area contributed by atoms with E-state index in [1.54, 1.807) is 6.33 Å². The first kappa shape index (κ1) is 10.1. The van der Waals surface area contributed by atoms with Crippen LogP contribution in [0.4, 0.5) is 0 Å².